The van der Waals surface area contributed by atoms with Gasteiger partial charge in [-0.15, -0.1) is 0 Å². The number of halogens is 3. The second kappa shape index (κ2) is 15.4. The third kappa shape index (κ3) is 8.42. The first-order valence-corrected chi connectivity index (χ1v) is 17.6. The van der Waals surface area contributed by atoms with Crippen molar-refractivity contribution in [1.82, 2.24) is 10.2 Å². The summed E-state index contributed by atoms with van der Waals surface area (Å²) in [7, 11) is -4.30. The summed E-state index contributed by atoms with van der Waals surface area (Å²) in [6.45, 7) is -0.628. The Hall–Kier alpha value is -3.56. The van der Waals surface area contributed by atoms with Crippen LogP contribution in [0.5, 0.6) is 0 Å². The van der Waals surface area contributed by atoms with Crippen molar-refractivity contribution in [3.63, 3.8) is 0 Å². The smallest absolute Gasteiger partial charge is 0.264 e. The van der Waals surface area contributed by atoms with E-state index in [4.69, 9.17) is 34.8 Å². The highest BCUT2D eigenvalue weighted by Crippen LogP contribution is 2.33. The van der Waals surface area contributed by atoms with Crippen molar-refractivity contribution in [3.8, 4) is 0 Å². The lowest BCUT2D eigenvalue weighted by atomic mass is 10.0. The summed E-state index contributed by atoms with van der Waals surface area (Å²) in [6, 6.07) is 27.7. The van der Waals surface area contributed by atoms with Crippen molar-refractivity contribution in [2.75, 3.05) is 10.8 Å². The summed E-state index contributed by atoms with van der Waals surface area (Å²) >= 11 is 19.2. The van der Waals surface area contributed by atoms with Crippen LogP contribution in [0.1, 0.15) is 36.8 Å². The maximum atomic E-state index is 14.6. The molecule has 0 spiro atoms. The summed E-state index contributed by atoms with van der Waals surface area (Å²) < 4.78 is 29.2. The zero-order chi connectivity index (χ0) is 32.7. The molecule has 4 aromatic carbocycles. The van der Waals surface area contributed by atoms with Crippen LogP contribution >= 0.6 is 34.8 Å². The fourth-order valence-corrected chi connectivity index (χ4v) is 7.76. The van der Waals surface area contributed by atoms with Gasteiger partial charge < -0.3 is 10.2 Å². The molecule has 4 aromatic rings. The molecule has 0 aromatic heterocycles. The van der Waals surface area contributed by atoms with E-state index in [2.05, 4.69) is 5.32 Å². The first-order valence-electron chi connectivity index (χ1n) is 15.0. The van der Waals surface area contributed by atoms with E-state index in [1.54, 1.807) is 36.4 Å². The molecular formula is C35H34Cl3N3O4S. The van der Waals surface area contributed by atoms with E-state index >= 15 is 0 Å². The molecule has 1 aliphatic carbocycles. The molecule has 0 radical (unpaired) electrons. The van der Waals surface area contributed by atoms with Crippen LogP contribution in [0.3, 0.4) is 0 Å². The molecule has 46 heavy (non-hydrogen) atoms. The summed E-state index contributed by atoms with van der Waals surface area (Å²) in [5.41, 5.74) is 1.58. The lowest BCUT2D eigenvalue weighted by molar-refractivity contribution is -0.140. The predicted octanol–water partition coefficient (Wildman–Crippen LogP) is 7.54. The summed E-state index contributed by atoms with van der Waals surface area (Å²) in [5, 5.41) is 3.97. The number of carbonyl (C=O) groups excluding carboxylic acids is 2. The molecule has 0 saturated heterocycles. The van der Waals surface area contributed by atoms with E-state index in [9.17, 15) is 18.0 Å². The van der Waals surface area contributed by atoms with Crippen LogP contribution in [0.2, 0.25) is 15.1 Å². The van der Waals surface area contributed by atoms with E-state index in [1.807, 2.05) is 36.4 Å². The maximum Gasteiger partial charge on any atom is 0.264 e. The first kappa shape index (κ1) is 33.8. The number of hydrogen-bond donors (Lipinski definition) is 1. The average Bonchev–Trinajstić information content (AvgIpc) is 3.56. The second-order valence-corrected chi connectivity index (χ2v) is 14.4. The molecule has 0 bridgehead atoms. The molecule has 0 aliphatic heterocycles. The molecule has 5 rings (SSSR count). The van der Waals surface area contributed by atoms with Gasteiger partial charge in [0, 0.05) is 29.1 Å². The first-order chi connectivity index (χ1) is 22.1. The van der Waals surface area contributed by atoms with Crippen LogP contribution in [0, 0.1) is 0 Å². The van der Waals surface area contributed by atoms with Crippen LogP contribution in [0.4, 0.5) is 5.69 Å². The SMILES string of the molecule is O=C(NC1CCCC1)C(Cc1ccccc1)N(Cc1cccc(Cl)c1)C(=O)CN(c1cc(Cl)ccc1Cl)S(=O)(=O)c1ccccc1. The standard InChI is InChI=1S/C35H34Cl3N3O4S/c36-27-13-9-12-26(20-27)23-40(33(21-25-10-3-1-4-11-25)35(43)39-29-14-7-8-15-29)34(42)24-41(32-22-28(37)18-19-31(32)38)46(44,45)30-16-5-2-6-17-30/h1-6,9-13,16-20,22,29,33H,7-8,14-15,21,23-24H2,(H,39,43). The Labute approximate surface area is 285 Å². The summed E-state index contributed by atoms with van der Waals surface area (Å²) in [4.78, 5) is 30.1. The van der Waals surface area contributed by atoms with Gasteiger partial charge >= 0.3 is 0 Å². The van der Waals surface area contributed by atoms with E-state index in [0.29, 0.717) is 10.6 Å². The van der Waals surface area contributed by atoms with Crippen molar-refractivity contribution in [2.45, 2.75) is 55.6 Å². The molecular weight excluding hydrogens is 665 g/mol. The van der Waals surface area contributed by atoms with Gasteiger partial charge in [-0.25, -0.2) is 8.42 Å². The minimum Gasteiger partial charge on any atom is -0.352 e. The highest BCUT2D eigenvalue weighted by atomic mass is 35.5. The number of benzene rings is 4. The van der Waals surface area contributed by atoms with Gasteiger partial charge in [-0.05, 0) is 66.4 Å². The van der Waals surface area contributed by atoms with Crippen molar-refractivity contribution in [1.29, 1.82) is 0 Å². The maximum absolute atomic E-state index is 14.6. The Balaban J connectivity index is 1.58. The van der Waals surface area contributed by atoms with Gasteiger partial charge in [0.2, 0.25) is 11.8 Å². The van der Waals surface area contributed by atoms with E-state index in [0.717, 1.165) is 35.6 Å². The van der Waals surface area contributed by atoms with Crippen molar-refractivity contribution < 1.29 is 18.0 Å². The van der Waals surface area contributed by atoms with Crippen LogP contribution in [0.15, 0.2) is 108 Å². The van der Waals surface area contributed by atoms with Crippen molar-refractivity contribution in [3.05, 3.63) is 129 Å². The van der Waals surface area contributed by atoms with Gasteiger partial charge in [-0.2, -0.15) is 0 Å². The number of nitrogens with zero attached hydrogens (tertiary/aromatic N) is 2. The highest BCUT2D eigenvalue weighted by Gasteiger charge is 2.36. The molecule has 1 atom stereocenters. The van der Waals surface area contributed by atoms with Crippen LogP contribution in [-0.4, -0.2) is 43.8 Å². The number of nitrogens with one attached hydrogen (secondary N) is 1. The van der Waals surface area contributed by atoms with E-state index in [1.165, 1.54) is 35.2 Å². The van der Waals surface area contributed by atoms with E-state index in [-0.39, 0.29) is 45.5 Å². The lowest BCUT2D eigenvalue weighted by Gasteiger charge is -2.34. The quantitative estimate of drug-likeness (QED) is 0.166. The summed E-state index contributed by atoms with van der Waals surface area (Å²) in [6.07, 6.45) is 3.98. The Morgan fingerprint density at radius 1 is 0.783 bits per heavy atom. The van der Waals surface area contributed by atoms with E-state index < -0.39 is 28.5 Å². The highest BCUT2D eigenvalue weighted by molar-refractivity contribution is 7.92. The number of anilines is 1. The predicted molar refractivity (Wildman–Crippen MR) is 184 cm³/mol. The zero-order valence-corrected chi connectivity index (χ0v) is 28.1. The molecule has 0 heterocycles. The fourth-order valence-electron chi connectivity index (χ4n) is 5.66. The Morgan fingerprint density at radius 3 is 2.09 bits per heavy atom. The second-order valence-electron chi connectivity index (χ2n) is 11.3. The Morgan fingerprint density at radius 2 is 1.41 bits per heavy atom. The molecule has 1 N–H and O–H groups in total. The van der Waals surface area contributed by atoms with Gasteiger partial charge in [0.25, 0.3) is 10.0 Å². The molecule has 2 amide bonds. The zero-order valence-electron chi connectivity index (χ0n) is 25.0. The largest absolute Gasteiger partial charge is 0.352 e. The van der Waals surface area contributed by atoms with Gasteiger partial charge in [-0.3, -0.25) is 13.9 Å². The fraction of sp³-hybridized carbons (Fsp3) is 0.257. The number of carbonyl (C=O) groups is 2. The third-order valence-corrected chi connectivity index (χ3v) is 10.6. The number of amides is 2. The molecule has 240 valence electrons. The van der Waals surface area contributed by atoms with Crippen LogP contribution in [0.25, 0.3) is 0 Å². The minimum absolute atomic E-state index is 0.00844. The van der Waals surface area contributed by atoms with Crippen molar-refractivity contribution >= 4 is 62.3 Å². The van der Waals surface area contributed by atoms with Crippen LogP contribution in [-0.2, 0) is 32.6 Å². The molecule has 1 aliphatic rings. The molecule has 1 fully saturated rings. The monoisotopic (exact) mass is 697 g/mol. The molecule has 11 heteroatoms. The summed E-state index contributed by atoms with van der Waals surface area (Å²) in [5.74, 6) is -0.901. The Kier molecular flexibility index (Phi) is 11.3. The number of rotatable bonds is 12. The Bertz CT molecular complexity index is 1770. The topological polar surface area (TPSA) is 86.8 Å². The van der Waals surface area contributed by atoms with Gasteiger partial charge in [0.1, 0.15) is 12.6 Å². The average molecular weight is 699 g/mol. The molecule has 1 unspecified atom stereocenters. The van der Waals surface area contributed by atoms with Gasteiger partial charge in [-0.1, -0.05) is 108 Å². The van der Waals surface area contributed by atoms with Crippen LogP contribution < -0.4 is 9.62 Å². The third-order valence-electron chi connectivity index (χ3n) is 8.00. The number of sulfonamides is 1. The normalized spacial score (nSPS) is 14.1. The van der Waals surface area contributed by atoms with Gasteiger partial charge in [0.15, 0.2) is 0 Å². The van der Waals surface area contributed by atoms with Crippen molar-refractivity contribution in [2.24, 2.45) is 0 Å². The molecule has 1 saturated carbocycles. The van der Waals surface area contributed by atoms with Gasteiger partial charge in [0.05, 0.1) is 15.6 Å². The number of hydrogen-bond acceptors (Lipinski definition) is 4. The molecule has 7 nitrogen and oxygen atoms in total. The minimum atomic E-state index is -4.30. The lowest BCUT2D eigenvalue weighted by Crippen LogP contribution is -2.54.